The van der Waals surface area contributed by atoms with E-state index in [-0.39, 0.29) is 5.82 Å². The molecule has 0 saturated carbocycles. The van der Waals surface area contributed by atoms with Gasteiger partial charge in [-0.3, -0.25) is 10.4 Å². The van der Waals surface area contributed by atoms with Crippen molar-refractivity contribution in [2.75, 3.05) is 6.54 Å². The number of imidazole rings is 1. The Morgan fingerprint density at radius 1 is 1.23 bits per heavy atom. The van der Waals surface area contributed by atoms with Crippen LogP contribution in [0.1, 0.15) is 30.8 Å². The molecule has 0 amide bonds. The van der Waals surface area contributed by atoms with E-state index in [0.717, 1.165) is 11.1 Å². The number of rotatable bonds is 5. The molecule has 0 fully saturated rings. The van der Waals surface area contributed by atoms with E-state index in [4.69, 9.17) is 12.2 Å². The van der Waals surface area contributed by atoms with Crippen LogP contribution >= 0.6 is 12.2 Å². The zero-order valence-corrected chi connectivity index (χ0v) is 17.4. The summed E-state index contributed by atoms with van der Waals surface area (Å²) < 4.78 is 16.3. The van der Waals surface area contributed by atoms with Gasteiger partial charge in [-0.05, 0) is 55.9 Å². The second-order valence-corrected chi connectivity index (χ2v) is 7.13. The number of benzene rings is 1. The van der Waals surface area contributed by atoms with Crippen LogP contribution in [-0.2, 0) is 6.42 Å². The molecule has 9 heteroatoms. The van der Waals surface area contributed by atoms with Crippen LogP contribution in [0, 0.1) is 5.82 Å². The average Bonchev–Trinajstić information content (AvgIpc) is 3.15. The molecule has 152 valence electrons. The van der Waals surface area contributed by atoms with Gasteiger partial charge in [-0.1, -0.05) is 6.07 Å². The Hall–Kier alpha value is -3.46. The van der Waals surface area contributed by atoms with Gasteiger partial charge in [0.25, 0.3) is 0 Å². The number of hydrogen-bond donors (Lipinski definition) is 2. The van der Waals surface area contributed by atoms with Crippen molar-refractivity contribution in [2.45, 2.75) is 20.3 Å². The molecule has 0 aliphatic rings. The van der Waals surface area contributed by atoms with Crippen molar-refractivity contribution in [3.8, 4) is 0 Å². The van der Waals surface area contributed by atoms with Gasteiger partial charge in [0.05, 0.1) is 23.1 Å². The van der Waals surface area contributed by atoms with Crippen molar-refractivity contribution < 1.29 is 4.39 Å². The molecule has 30 heavy (non-hydrogen) atoms. The molecule has 4 aromatic rings. The van der Waals surface area contributed by atoms with Gasteiger partial charge < -0.3 is 5.32 Å². The van der Waals surface area contributed by atoms with E-state index in [0.29, 0.717) is 46.2 Å². The van der Waals surface area contributed by atoms with Crippen molar-refractivity contribution in [1.29, 1.82) is 0 Å². The van der Waals surface area contributed by atoms with Gasteiger partial charge in [-0.2, -0.15) is 10.2 Å². The van der Waals surface area contributed by atoms with Gasteiger partial charge in [-0.25, -0.2) is 13.9 Å². The van der Waals surface area contributed by atoms with Crippen LogP contribution < -0.4 is 10.7 Å². The molecule has 3 heterocycles. The van der Waals surface area contributed by atoms with Gasteiger partial charge in [-0.15, -0.1) is 0 Å². The van der Waals surface area contributed by atoms with Crippen LogP contribution in [0.4, 0.5) is 4.39 Å². The Morgan fingerprint density at radius 2 is 2.10 bits per heavy atom. The Bertz CT molecular complexity index is 1260. The molecule has 0 aliphatic carbocycles. The monoisotopic (exact) mass is 421 g/mol. The fourth-order valence-corrected chi connectivity index (χ4v) is 3.29. The number of nitrogens with one attached hydrogen (secondary N) is 2. The molecule has 0 saturated heterocycles. The zero-order valence-electron chi connectivity index (χ0n) is 16.6. The first-order valence-electron chi connectivity index (χ1n) is 9.50. The molecule has 0 radical (unpaired) electrons. The van der Waals surface area contributed by atoms with E-state index >= 15 is 0 Å². The first-order chi connectivity index (χ1) is 14.5. The van der Waals surface area contributed by atoms with E-state index in [1.165, 1.54) is 6.07 Å². The van der Waals surface area contributed by atoms with Crippen LogP contribution in [0.2, 0.25) is 0 Å². The molecule has 7 nitrogen and oxygen atoms in total. The second-order valence-electron chi connectivity index (χ2n) is 6.72. The molecule has 0 bridgehead atoms. The van der Waals surface area contributed by atoms with Crippen LogP contribution in [0.3, 0.4) is 0 Å². The molecule has 4 rings (SSSR count). The summed E-state index contributed by atoms with van der Waals surface area (Å²) in [5.74, 6) is -0.300. The first kappa shape index (κ1) is 19.8. The molecule has 3 aromatic heterocycles. The largest absolute Gasteiger partial charge is 0.362 e. The lowest BCUT2D eigenvalue weighted by molar-refractivity contribution is 0.614. The molecule has 0 unspecified atom stereocenters. The summed E-state index contributed by atoms with van der Waals surface area (Å²) in [4.78, 5) is 8.59. The highest BCUT2D eigenvalue weighted by Crippen LogP contribution is 2.20. The highest BCUT2D eigenvalue weighted by atomic mass is 32.1. The quantitative estimate of drug-likeness (QED) is 0.293. The Labute approximate surface area is 178 Å². The lowest BCUT2D eigenvalue weighted by atomic mass is 10.1. The maximum absolute atomic E-state index is 14.6. The summed E-state index contributed by atoms with van der Waals surface area (Å²) in [6, 6.07) is 10.7. The molecular formula is C21H20FN7S. The highest BCUT2D eigenvalue weighted by molar-refractivity contribution is 7.80. The average molecular weight is 422 g/mol. The summed E-state index contributed by atoms with van der Waals surface area (Å²) in [5, 5.41) is 13.2. The Kier molecular flexibility index (Phi) is 5.62. The van der Waals surface area contributed by atoms with Gasteiger partial charge in [0, 0.05) is 30.6 Å². The van der Waals surface area contributed by atoms with E-state index in [9.17, 15) is 4.39 Å². The van der Waals surface area contributed by atoms with Crippen molar-refractivity contribution in [3.63, 3.8) is 0 Å². The fraction of sp³-hybridized carbons (Fsp3) is 0.190. The minimum atomic E-state index is -0.300. The fourth-order valence-electron chi connectivity index (χ4n) is 3.10. The number of thiocarbonyl (C=S) groups is 1. The zero-order chi connectivity index (χ0) is 21.1. The lowest BCUT2D eigenvalue weighted by Crippen LogP contribution is -2.32. The van der Waals surface area contributed by atoms with E-state index in [2.05, 4.69) is 30.9 Å². The third kappa shape index (κ3) is 4.11. The summed E-state index contributed by atoms with van der Waals surface area (Å²) in [6.45, 7) is 4.50. The summed E-state index contributed by atoms with van der Waals surface area (Å²) >= 11 is 5.12. The van der Waals surface area contributed by atoms with Gasteiger partial charge in [0.15, 0.2) is 10.8 Å². The van der Waals surface area contributed by atoms with Gasteiger partial charge in [0.1, 0.15) is 11.5 Å². The number of aromatic nitrogens is 4. The lowest BCUT2D eigenvalue weighted by Gasteiger charge is -2.07. The number of pyridine rings is 1. The molecule has 0 spiro atoms. The van der Waals surface area contributed by atoms with Crippen LogP contribution in [-0.4, -0.2) is 37.0 Å². The Balaban J connectivity index is 1.64. The van der Waals surface area contributed by atoms with E-state index in [1.54, 1.807) is 16.9 Å². The van der Waals surface area contributed by atoms with E-state index in [1.807, 2.05) is 44.2 Å². The van der Waals surface area contributed by atoms with Crippen molar-refractivity contribution in [1.82, 2.24) is 30.3 Å². The number of hydrogen-bond acceptors (Lipinski definition) is 5. The number of fused-ring (bicyclic) bond motifs is 2. The Morgan fingerprint density at radius 3 is 2.93 bits per heavy atom. The maximum atomic E-state index is 14.6. The number of hydrazone groups is 1. The SMILES string of the molecule is CCNC(=S)N/N=C(\C)c1ccc2ncc(Cc3cc4cccnc4cc3F)n2n1. The van der Waals surface area contributed by atoms with Crippen molar-refractivity contribution in [3.05, 3.63) is 71.6 Å². The third-order valence-electron chi connectivity index (χ3n) is 4.61. The first-order valence-corrected chi connectivity index (χ1v) is 9.91. The third-order valence-corrected chi connectivity index (χ3v) is 4.84. The van der Waals surface area contributed by atoms with Crippen molar-refractivity contribution in [2.24, 2.45) is 5.10 Å². The van der Waals surface area contributed by atoms with Crippen molar-refractivity contribution >= 4 is 39.6 Å². The molecule has 2 N–H and O–H groups in total. The summed E-state index contributed by atoms with van der Waals surface area (Å²) in [6.07, 6.45) is 3.72. The normalized spacial score (nSPS) is 11.8. The summed E-state index contributed by atoms with van der Waals surface area (Å²) in [5.41, 5.74) is 6.77. The van der Waals surface area contributed by atoms with Gasteiger partial charge >= 0.3 is 0 Å². The van der Waals surface area contributed by atoms with Crippen LogP contribution in [0.15, 0.2) is 53.9 Å². The molecule has 0 aliphatic heterocycles. The minimum Gasteiger partial charge on any atom is -0.362 e. The second kappa shape index (κ2) is 8.50. The molecule has 0 atom stereocenters. The standard InChI is InChI=1S/C21H20FN7S/c1-3-23-21(30)27-26-13(2)18-6-7-20-25-12-16(29(20)28-18)10-15-9-14-5-4-8-24-19(14)11-17(15)22/h4-9,11-12H,3,10H2,1-2H3,(H2,23,27,30)/b26-13+. The smallest absolute Gasteiger partial charge is 0.186 e. The molecule has 1 aromatic carbocycles. The minimum absolute atomic E-state index is 0.300. The predicted octanol–water partition coefficient (Wildman–Crippen LogP) is 3.22. The van der Waals surface area contributed by atoms with E-state index < -0.39 is 0 Å². The predicted molar refractivity (Wildman–Crippen MR) is 119 cm³/mol. The highest BCUT2D eigenvalue weighted by Gasteiger charge is 2.12. The topological polar surface area (TPSA) is 79.5 Å². The number of nitrogens with zero attached hydrogens (tertiary/aromatic N) is 5. The van der Waals surface area contributed by atoms with Crippen LogP contribution in [0.25, 0.3) is 16.6 Å². The summed E-state index contributed by atoms with van der Waals surface area (Å²) in [7, 11) is 0. The maximum Gasteiger partial charge on any atom is 0.186 e. The van der Waals surface area contributed by atoms with Crippen LogP contribution in [0.5, 0.6) is 0 Å². The van der Waals surface area contributed by atoms with Gasteiger partial charge in [0.2, 0.25) is 0 Å². The number of halogens is 1. The molecular weight excluding hydrogens is 401 g/mol.